The van der Waals surface area contributed by atoms with E-state index in [4.69, 9.17) is 11.6 Å². The van der Waals surface area contributed by atoms with E-state index in [2.05, 4.69) is 6.07 Å². The third-order valence-electron chi connectivity index (χ3n) is 2.56. The zero-order valence-electron chi connectivity index (χ0n) is 9.29. The minimum atomic E-state index is 0.296. The first-order chi connectivity index (χ1) is 7.56. The second-order valence-electron chi connectivity index (χ2n) is 4.02. The average molecular weight is 233 g/mol. The van der Waals surface area contributed by atoms with Gasteiger partial charge in [-0.3, -0.25) is 0 Å². The fourth-order valence-electron chi connectivity index (χ4n) is 1.87. The van der Waals surface area contributed by atoms with Gasteiger partial charge in [-0.1, -0.05) is 23.7 Å². The summed E-state index contributed by atoms with van der Waals surface area (Å²) < 4.78 is 0. The summed E-state index contributed by atoms with van der Waals surface area (Å²) >= 11 is 5.92. The van der Waals surface area contributed by atoms with Crippen molar-refractivity contribution in [3.8, 4) is 16.9 Å². The number of hydrogen-bond acceptors (Lipinski definition) is 1. The second-order valence-corrected chi connectivity index (χ2v) is 4.45. The van der Waals surface area contributed by atoms with Crippen molar-refractivity contribution in [2.45, 2.75) is 13.8 Å². The van der Waals surface area contributed by atoms with Gasteiger partial charge in [-0.2, -0.15) is 0 Å². The zero-order chi connectivity index (χ0) is 11.7. The van der Waals surface area contributed by atoms with Gasteiger partial charge in [0.15, 0.2) is 0 Å². The van der Waals surface area contributed by atoms with Gasteiger partial charge in [0, 0.05) is 5.02 Å². The summed E-state index contributed by atoms with van der Waals surface area (Å²) in [6, 6.07) is 11.3. The molecule has 0 aliphatic heterocycles. The maximum Gasteiger partial charge on any atom is 0.116 e. The fraction of sp³-hybridized carbons (Fsp3) is 0.143. The van der Waals surface area contributed by atoms with Crippen molar-refractivity contribution in [2.24, 2.45) is 0 Å². The maximum absolute atomic E-state index is 9.57. The van der Waals surface area contributed by atoms with E-state index >= 15 is 0 Å². The number of rotatable bonds is 1. The van der Waals surface area contributed by atoms with Gasteiger partial charge in [0.25, 0.3) is 0 Å². The van der Waals surface area contributed by atoms with Crippen LogP contribution in [0.25, 0.3) is 11.1 Å². The number of aryl methyl sites for hydroxylation is 2. The quantitative estimate of drug-likeness (QED) is 0.776. The molecule has 16 heavy (non-hydrogen) atoms. The standard InChI is InChI=1S/C14H13ClO/c1-9-5-11(8-13(16)6-9)14-4-3-12(15)7-10(14)2/h3-8,16H,1-2H3. The first kappa shape index (κ1) is 11.0. The topological polar surface area (TPSA) is 20.2 Å². The summed E-state index contributed by atoms with van der Waals surface area (Å²) in [5, 5.41) is 10.3. The van der Waals surface area contributed by atoms with Gasteiger partial charge in [-0.05, 0) is 60.4 Å². The fourth-order valence-corrected chi connectivity index (χ4v) is 2.10. The SMILES string of the molecule is Cc1cc(O)cc(-c2ccc(Cl)cc2C)c1. The molecule has 2 aromatic rings. The summed E-state index contributed by atoms with van der Waals surface area (Å²) in [6.07, 6.45) is 0. The molecule has 0 aliphatic carbocycles. The van der Waals surface area contributed by atoms with Gasteiger partial charge in [-0.15, -0.1) is 0 Å². The van der Waals surface area contributed by atoms with Gasteiger partial charge in [0.1, 0.15) is 5.75 Å². The molecule has 0 saturated heterocycles. The largest absolute Gasteiger partial charge is 0.508 e. The second kappa shape index (κ2) is 4.18. The molecule has 0 saturated carbocycles. The first-order valence-electron chi connectivity index (χ1n) is 5.13. The van der Waals surface area contributed by atoms with E-state index in [1.54, 1.807) is 12.1 Å². The van der Waals surface area contributed by atoms with Crippen molar-refractivity contribution >= 4 is 11.6 Å². The molecule has 0 aromatic heterocycles. The van der Waals surface area contributed by atoms with Crippen LogP contribution < -0.4 is 0 Å². The van der Waals surface area contributed by atoms with Crippen LogP contribution in [0.15, 0.2) is 36.4 Å². The number of phenols is 1. The van der Waals surface area contributed by atoms with Gasteiger partial charge in [0.2, 0.25) is 0 Å². The molecule has 2 rings (SSSR count). The number of benzene rings is 2. The molecule has 0 aliphatic rings. The van der Waals surface area contributed by atoms with Crippen molar-refractivity contribution < 1.29 is 5.11 Å². The van der Waals surface area contributed by atoms with Gasteiger partial charge >= 0.3 is 0 Å². The van der Waals surface area contributed by atoms with Crippen LogP contribution in [0.4, 0.5) is 0 Å². The normalized spacial score (nSPS) is 10.4. The van der Waals surface area contributed by atoms with Crippen LogP contribution in [0.1, 0.15) is 11.1 Å². The molecule has 0 amide bonds. The Morgan fingerprint density at radius 3 is 2.38 bits per heavy atom. The molecule has 1 nitrogen and oxygen atoms in total. The maximum atomic E-state index is 9.57. The van der Waals surface area contributed by atoms with Crippen LogP contribution in [0, 0.1) is 13.8 Å². The average Bonchev–Trinajstić information content (AvgIpc) is 2.15. The lowest BCUT2D eigenvalue weighted by molar-refractivity contribution is 0.475. The molecule has 0 bridgehead atoms. The summed E-state index contributed by atoms with van der Waals surface area (Å²) in [5.41, 5.74) is 4.27. The lowest BCUT2D eigenvalue weighted by Gasteiger charge is -2.08. The smallest absolute Gasteiger partial charge is 0.116 e. The first-order valence-corrected chi connectivity index (χ1v) is 5.51. The summed E-state index contributed by atoms with van der Waals surface area (Å²) in [5.74, 6) is 0.296. The number of hydrogen-bond donors (Lipinski definition) is 1. The molecule has 0 fully saturated rings. The molecule has 82 valence electrons. The lowest BCUT2D eigenvalue weighted by Crippen LogP contribution is -1.84. The van der Waals surface area contributed by atoms with Gasteiger partial charge in [-0.25, -0.2) is 0 Å². The van der Waals surface area contributed by atoms with Crippen molar-refractivity contribution in [3.05, 3.63) is 52.5 Å². The van der Waals surface area contributed by atoms with E-state index < -0.39 is 0 Å². The monoisotopic (exact) mass is 232 g/mol. The molecule has 0 spiro atoms. The van der Waals surface area contributed by atoms with E-state index in [-0.39, 0.29) is 0 Å². The Morgan fingerprint density at radius 2 is 1.75 bits per heavy atom. The number of halogens is 1. The van der Waals surface area contributed by atoms with E-state index in [1.807, 2.05) is 32.0 Å². The molecular weight excluding hydrogens is 220 g/mol. The van der Waals surface area contributed by atoms with E-state index in [1.165, 1.54) is 0 Å². The molecule has 0 heterocycles. The van der Waals surface area contributed by atoms with Gasteiger partial charge < -0.3 is 5.11 Å². The molecular formula is C14H13ClO. The van der Waals surface area contributed by atoms with E-state index in [0.29, 0.717) is 5.75 Å². The summed E-state index contributed by atoms with van der Waals surface area (Å²) in [6.45, 7) is 3.98. The highest BCUT2D eigenvalue weighted by molar-refractivity contribution is 6.30. The predicted octanol–water partition coefficient (Wildman–Crippen LogP) is 4.33. The molecule has 0 radical (unpaired) electrons. The molecule has 2 aromatic carbocycles. The Balaban J connectivity index is 2.58. The molecule has 0 atom stereocenters. The number of phenolic OH excluding ortho intramolecular Hbond substituents is 1. The Kier molecular flexibility index (Phi) is 2.88. The lowest BCUT2D eigenvalue weighted by atomic mass is 9.99. The Labute approximate surface area is 100 Å². The van der Waals surface area contributed by atoms with Crippen molar-refractivity contribution in [3.63, 3.8) is 0 Å². The zero-order valence-corrected chi connectivity index (χ0v) is 10.0. The Morgan fingerprint density at radius 1 is 1.00 bits per heavy atom. The van der Waals surface area contributed by atoms with Crippen LogP contribution in [-0.2, 0) is 0 Å². The van der Waals surface area contributed by atoms with Gasteiger partial charge in [0.05, 0.1) is 0 Å². The highest BCUT2D eigenvalue weighted by atomic mass is 35.5. The summed E-state index contributed by atoms with van der Waals surface area (Å²) in [7, 11) is 0. The predicted molar refractivity (Wildman–Crippen MR) is 68.0 cm³/mol. The van der Waals surface area contributed by atoms with Crippen molar-refractivity contribution in [2.75, 3.05) is 0 Å². The Hall–Kier alpha value is -1.47. The molecule has 0 unspecified atom stereocenters. The van der Waals surface area contributed by atoms with Crippen LogP contribution in [0.2, 0.25) is 5.02 Å². The minimum Gasteiger partial charge on any atom is -0.508 e. The third kappa shape index (κ3) is 2.20. The van der Waals surface area contributed by atoms with E-state index in [9.17, 15) is 5.11 Å². The van der Waals surface area contributed by atoms with Crippen LogP contribution in [-0.4, -0.2) is 5.11 Å². The van der Waals surface area contributed by atoms with E-state index in [0.717, 1.165) is 27.3 Å². The van der Waals surface area contributed by atoms with Crippen molar-refractivity contribution in [1.29, 1.82) is 0 Å². The highest BCUT2D eigenvalue weighted by Gasteiger charge is 2.04. The number of aromatic hydroxyl groups is 1. The summed E-state index contributed by atoms with van der Waals surface area (Å²) in [4.78, 5) is 0. The minimum absolute atomic E-state index is 0.296. The highest BCUT2D eigenvalue weighted by Crippen LogP contribution is 2.29. The Bertz CT molecular complexity index is 512. The molecule has 1 N–H and O–H groups in total. The van der Waals surface area contributed by atoms with Crippen molar-refractivity contribution in [1.82, 2.24) is 0 Å². The third-order valence-corrected chi connectivity index (χ3v) is 2.80. The molecule has 2 heteroatoms. The van der Waals surface area contributed by atoms with Crippen LogP contribution in [0.3, 0.4) is 0 Å². The van der Waals surface area contributed by atoms with Crippen LogP contribution in [0.5, 0.6) is 5.75 Å². The van der Waals surface area contributed by atoms with Crippen LogP contribution >= 0.6 is 11.6 Å².